The largest absolute Gasteiger partial charge is 0.378 e. The van der Waals surface area contributed by atoms with Gasteiger partial charge in [-0.25, -0.2) is 0 Å². The second-order valence-corrected chi connectivity index (χ2v) is 36.7. The monoisotopic (exact) mass is 1840 g/mol. The lowest BCUT2D eigenvalue weighted by atomic mass is 10.0. The zero-order chi connectivity index (χ0) is 93.0. The molecule has 12 aromatic heterocycles. The van der Waals surface area contributed by atoms with Crippen molar-refractivity contribution < 1.29 is 23.9 Å². The third-order valence-corrected chi connectivity index (χ3v) is 27.0. The van der Waals surface area contributed by atoms with Crippen molar-refractivity contribution in [2.75, 3.05) is 154 Å². The number of ether oxygens (including phenoxy) is 1. The highest BCUT2D eigenvalue weighted by Crippen LogP contribution is 2.36. The second kappa shape index (κ2) is 41.7. The van der Waals surface area contributed by atoms with Gasteiger partial charge >= 0.3 is 0 Å². The van der Waals surface area contributed by atoms with Crippen molar-refractivity contribution in [2.45, 2.75) is 96.9 Å². The fourth-order valence-corrected chi connectivity index (χ4v) is 18.4. The van der Waals surface area contributed by atoms with Gasteiger partial charge in [0.05, 0.1) is 141 Å². The van der Waals surface area contributed by atoms with Crippen LogP contribution in [0.5, 0.6) is 0 Å². The Morgan fingerprint density at radius 3 is 0.819 bits per heavy atom. The van der Waals surface area contributed by atoms with Gasteiger partial charge in [0.15, 0.2) is 22.8 Å². The number of morpholine rings is 1. The molecule has 8 fully saturated rings. The lowest BCUT2D eigenvalue weighted by molar-refractivity contribution is 0.101. The van der Waals surface area contributed by atoms with Crippen LogP contribution in [-0.4, -0.2) is 247 Å². The fraction of sp³-hybridized carbons (Fsp3) is 0.314. The summed E-state index contributed by atoms with van der Waals surface area (Å²) in [6, 6.07) is 48.1. The predicted molar refractivity (Wildman–Crippen MR) is 536 cm³/mol. The van der Waals surface area contributed by atoms with Crippen LogP contribution in [0.1, 0.15) is 135 Å². The third kappa shape index (κ3) is 21.3. The Balaban J connectivity index is 0.000000110. The molecular weight excluding hydrogens is 1730 g/mol. The molecule has 700 valence electrons. The summed E-state index contributed by atoms with van der Waals surface area (Å²) in [5, 5.41) is 43.9. The zero-order valence-electron chi connectivity index (χ0n) is 77.1. The van der Waals surface area contributed by atoms with Crippen LogP contribution in [0, 0.1) is 0 Å². The van der Waals surface area contributed by atoms with E-state index in [1.807, 2.05) is 171 Å². The topological polar surface area (TPSA) is 369 Å². The number of nitrogens with zero attached hydrogens (tertiary/aromatic N) is 20. The van der Waals surface area contributed by atoms with E-state index in [2.05, 4.69) is 165 Å². The van der Waals surface area contributed by atoms with E-state index < -0.39 is 0 Å². The first kappa shape index (κ1) is 89.5. The molecule has 8 aliphatic rings. The van der Waals surface area contributed by atoms with Crippen LogP contribution in [0.3, 0.4) is 0 Å². The number of fused-ring (bicyclic) bond motifs is 4. The second-order valence-electron chi connectivity index (χ2n) is 36.7. The normalized spacial score (nSPS) is 16.2. The number of nitrogens with one attached hydrogen (secondary N) is 8. The lowest BCUT2D eigenvalue weighted by Crippen LogP contribution is -2.36. The molecule has 8 aliphatic heterocycles. The van der Waals surface area contributed by atoms with Gasteiger partial charge < -0.3 is 40.7 Å². The molecule has 0 atom stereocenters. The van der Waals surface area contributed by atoms with E-state index >= 15 is 0 Å². The summed E-state index contributed by atoms with van der Waals surface area (Å²) >= 11 is 0. The van der Waals surface area contributed by atoms with Gasteiger partial charge in [-0.3, -0.25) is 104 Å². The molecule has 0 spiro atoms. The van der Waals surface area contributed by atoms with Gasteiger partial charge in [-0.15, -0.1) is 0 Å². The maximum Gasteiger partial charge on any atom is 0.276 e. The molecule has 16 aromatic rings. The Kier molecular flexibility index (Phi) is 27.0. The molecule has 4 amide bonds. The average Bonchev–Trinajstić information content (AvgIpc) is 1.64. The summed E-state index contributed by atoms with van der Waals surface area (Å²) in [5.41, 5.74) is 24.1. The molecule has 138 heavy (non-hydrogen) atoms. The van der Waals surface area contributed by atoms with Gasteiger partial charge in [-0.05, 0) is 279 Å². The minimum Gasteiger partial charge on any atom is -0.378 e. The summed E-state index contributed by atoms with van der Waals surface area (Å²) in [4.78, 5) is 107. The number of H-pyrrole nitrogens is 4. The number of benzene rings is 4. The van der Waals surface area contributed by atoms with Gasteiger partial charge in [-0.2, -0.15) is 20.4 Å². The van der Waals surface area contributed by atoms with Crippen LogP contribution in [0.4, 0.5) is 39.8 Å². The summed E-state index contributed by atoms with van der Waals surface area (Å²) in [6.07, 6.45) is 34.5. The minimum atomic E-state index is -0.272. The molecule has 0 radical (unpaired) electrons. The number of likely N-dealkylation sites (tertiary alicyclic amines) is 5. The van der Waals surface area contributed by atoms with Crippen LogP contribution in [-0.2, 0) is 37.5 Å². The highest BCUT2D eigenvalue weighted by Gasteiger charge is 2.27. The molecule has 24 rings (SSSR count). The van der Waals surface area contributed by atoms with E-state index in [1.165, 1.54) is 69.8 Å². The highest BCUT2D eigenvalue weighted by atomic mass is 16.5. The number of aromatic nitrogens is 16. The molecule has 33 heteroatoms. The standard InChI is InChI=1S/C27H29N7O.C26H27N7O2.2C26H27N7O/c35-27(30-21-6-7-22(29-16-21)18-33-9-4-10-33)26-24-14-19(5-8-25(24)31-32-26)20-13-23(17-28-15-20)34-11-2-1-3-12-34;34-26(29-20-3-4-21(28-15-20)17-32-6-1-7-32)25-23-13-18(2-5-24(23)30-31-25)19-12-22(16-27-14-19)33-8-10-35-11-9-33;34-26(29-21-4-5-22(28-15-21)17-33-9-2-10-33)25-23-12-19(3-6-24(23)30-31-25)20-11-18(13-27-14-20)16-32-7-1-8-32;34-26(29-20-5-6-21(28-15-20)17-32-8-3-9-32)25-23-13-18(4-7-24(23)30-31-25)19-12-22(16-27-14-19)33-10-1-2-11-33/h5-8,13-17H,1-4,9-12,18H2,(H,30,35)(H,31,32);2-5,12-16H,1,6-11,17H2,(H,29,34)(H,30,31);3-6,11-15H,1-2,7-10,16-17H2,(H,29,34)(H,30,31);4-7,12-16H,1-3,8-11,17H2,(H,29,34)(H,30,31). The first-order valence-electron chi connectivity index (χ1n) is 48.1. The van der Waals surface area contributed by atoms with Gasteiger partial charge in [0.1, 0.15) is 0 Å². The van der Waals surface area contributed by atoms with E-state index in [9.17, 15) is 19.2 Å². The summed E-state index contributed by atoms with van der Waals surface area (Å²) in [7, 11) is 0. The SMILES string of the molecule is O=C(Nc1ccc(CN2CCC2)nc1)c1n[nH]c2ccc(-c3cncc(CN4CCC4)c3)cc12.O=C(Nc1ccc(CN2CCC2)nc1)c1n[nH]c2ccc(-c3cncc(N4CCCC4)c3)cc12.O=C(Nc1ccc(CN2CCC2)nc1)c1n[nH]c2ccc(-c3cncc(N4CCCCC4)c3)cc12.O=C(Nc1ccc(CN2CCC2)nc1)c1n[nH]c2ccc(-c3cncc(N4CCOCC4)c3)cc12. The third-order valence-electron chi connectivity index (χ3n) is 27.0. The van der Waals surface area contributed by atoms with Crippen molar-refractivity contribution >= 4 is 107 Å². The number of hydrogen-bond acceptors (Lipinski definition) is 25. The zero-order valence-corrected chi connectivity index (χ0v) is 77.1. The molecule has 0 aliphatic carbocycles. The number of rotatable bonds is 25. The number of carbonyl (C=O) groups is 4. The number of piperidine rings is 1. The van der Waals surface area contributed by atoms with Crippen LogP contribution in [0.25, 0.3) is 88.1 Å². The quantitative estimate of drug-likeness (QED) is 0.0263. The fourth-order valence-electron chi connectivity index (χ4n) is 18.4. The van der Waals surface area contributed by atoms with Crippen molar-refractivity contribution in [3.8, 4) is 44.5 Å². The smallest absolute Gasteiger partial charge is 0.276 e. The maximum absolute atomic E-state index is 13.1. The number of amides is 4. The van der Waals surface area contributed by atoms with E-state index in [0.29, 0.717) is 45.5 Å². The molecule has 20 heterocycles. The minimum absolute atomic E-state index is 0.258. The van der Waals surface area contributed by atoms with Crippen LogP contribution in [0.2, 0.25) is 0 Å². The van der Waals surface area contributed by atoms with E-state index in [4.69, 9.17) is 4.74 Å². The number of hydrogen-bond donors (Lipinski definition) is 8. The van der Waals surface area contributed by atoms with Crippen molar-refractivity contribution in [1.29, 1.82) is 0 Å². The summed E-state index contributed by atoms with van der Waals surface area (Å²) < 4.78 is 5.47. The number of anilines is 7. The predicted octanol–water partition coefficient (Wildman–Crippen LogP) is 15.5. The Morgan fingerprint density at radius 1 is 0.261 bits per heavy atom. The van der Waals surface area contributed by atoms with E-state index in [0.717, 1.165) is 279 Å². The Bertz CT molecular complexity index is 6780. The molecular formula is C105H110N28O5. The van der Waals surface area contributed by atoms with Crippen molar-refractivity contribution in [2.24, 2.45) is 0 Å². The molecule has 0 saturated carbocycles. The van der Waals surface area contributed by atoms with Gasteiger partial charge in [-0.1, -0.05) is 24.3 Å². The van der Waals surface area contributed by atoms with Gasteiger partial charge in [0, 0.05) is 147 Å². The highest BCUT2D eigenvalue weighted by molar-refractivity contribution is 6.14. The van der Waals surface area contributed by atoms with Gasteiger partial charge in [0.2, 0.25) is 0 Å². The van der Waals surface area contributed by atoms with Crippen LogP contribution < -0.4 is 36.0 Å². The molecule has 0 bridgehead atoms. The number of aromatic amines is 4. The van der Waals surface area contributed by atoms with Crippen molar-refractivity contribution in [3.05, 3.63) is 271 Å². The Hall–Kier alpha value is -15.0. The van der Waals surface area contributed by atoms with Gasteiger partial charge in [0.25, 0.3) is 23.6 Å². The van der Waals surface area contributed by atoms with Crippen LogP contribution >= 0.6 is 0 Å². The molecule has 8 saturated heterocycles. The van der Waals surface area contributed by atoms with E-state index in [1.54, 1.807) is 24.8 Å². The maximum atomic E-state index is 13.1. The van der Waals surface area contributed by atoms with E-state index in [-0.39, 0.29) is 23.6 Å². The number of carbonyl (C=O) groups excluding carboxylic acids is 4. The Morgan fingerprint density at radius 2 is 0.536 bits per heavy atom. The lowest BCUT2D eigenvalue weighted by Gasteiger charge is -2.30. The summed E-state index contributed by atoms with van der Waals surface area (Å²) in [6.45, 7) is 23.1. The first-order chi connectivity index (χ1) is 67.9. The summed E-state index contributed by atoms with van der Waals surface area (Å²) in [5.74, 6) is -1.05. The first-order valence-corrected chi connectivity index (χ1v) is 48.1. The van der Waals surface area contributed by atoms with Crippen molar-refractivity contribution in [1.82, 2.24) is 105 Å². The average molecular weight is 1840 g/mol. The molecule has 8 N–H and O–H groups in total. The Labute approximate surface area is 798 Å². The number of pyridine rings is 8. The molecule has 4 aromatic carbocycles. The molecule has 33 nitrogen and oxygen atoms in total. The van der Waals surface area contributed by atoms with Crippen molar-refractivity contribution in [3.63, 3.8) is 0 Å². The molecule has 0 unspecified atom stereocenters. The van der Waals surface area contributed by atoms with Crippen LogP contribution in [0.15, 0.2) is 220 Å².